The second kappa shape index (κ2) is 5.79. The van der Waals surface area contributed by atoms with E-state index in [9.17, 15) is 4.79 Å². The highest BCUT2D eigenvalue weighted by atomic mass is 35.5. The molecule has 0 aliphatic heterocycles. The smallest absolute Gasteiger partial charge is 0.337 e. The number of hydrogen-bond acceptors (Lipinski definition) is 4. The van der Waals surface area contributed by atoms with Crippen LogP contribution in [0.5, 0.6) is 5.75 Å². The lowest BCUT2D eigenvalue weighted by atomic mass is 10.2. The van der Waals surface area contributed by atoms with Crippen LogP contribution in [-0.2, 0) is 0 Å². The Morgan fingerprint density at radius 3 is 2.75 bits per heavy atom. The van der Waals surface area contributed by atoms with Crippen LogP contribution in [0.1, 0.15) is 15.9 Å². The summed E-state index contributed by atoms with van der Waals surface area (Å²) >= 11 is 6.03. The Kier molecular flexibility index (Phi) is 4.10. The molecule has 0 spiro atoms. The van der Waals surface area contributed by atoms with Gasteiger partial charge in [0.1, 0.15) is 11.6 Å². The molecule has 0 unspecified atom stereocenters. The molecule has 0 radical (unpaired) electrons. The maximum Gasteiger partial charge on any atom is 0.337 e. The van der Waals surface area contributed by atoms with Crippen LogP contribution in [0.2, 0.25) is 5.02 Å². The van der Waals surface area contributed by atoms with Gasteiger partial charge in [-0.2, -0.15) is 0 Å². The quantitative estimate of drug-likeness (QED) is 0.902. The van der Waals surface area contributed by atoms with Gasteiger partial charge in [-0.1, -0.05) is 17.7 Å². The van der Waals surface area contributed by atoms with Crippen LogP contribution in [-0.4, -0.2) is 23.2 Å². The number of rotatable bonds is 4. The number of carboxylic acids is 1. The SMILES string of the molecule is COc1ccc(C)cc1Nc1ncc(C(=O)O)cc1Cl. The molecule has 20 heavy (non-hydrogen) atoms. The fourth-order valence-corrected chi connectivity index (χ4v) is 1.91. The molecule has 0 bridgehead atoms. The molecule has 0 saturated carbocycles. The van der Waals surface area contributed by atoms with E-state index in [0.29, 0.717) is 17.3 Å². The third kappa shape index (κ3) is 3.00. The Morgan fingerprint density at radius 2 is 2.15 bits per heavy atom. The first-order valence-corrected chi connectivity index (χ1v) is 6.19. The number of nitrogens with one attached hydrogen (secondary N) is 1. The van der Waals surface area contributed by atoms with Crippen LogP contribution in [0.25, 0.3) is 0 Å². The molecular formula is C14H13ClN2O3. The molecule has 0 amide bonds. The van der Waals surface area contributed by atoms with Gasteiger partial charge in [-0.15, -0.1) is 0 Å². The predicted octanol–water partition coefficient (Wildman–Crippen LogP) is 3.49. The molecular weight excluding hydrogens is 280 g/mol. The molecule has 2 aromatic rings. The molecule has 0 aliphatic carbocycles. The number of aromatic nitrogens is 1. The highest BCUT2D eigenvalue weighted by Gasteiger charge is 2.10. The molecule has 0 fully saturated rings. The zero-order valence-corrected chi connectivity index (χ0v) is 11.7. The number of carbonyl (C=O) groups is 1. The Morgan fingerprint density at radius 1 is 1.40 bits per heavy atom. The van der Waals surface area contributed by atoms with Crippen molar-refractivity contribution < 1.29 is 14.6 Å². The van der Waals surface area contributed by atoms with E-state index in [0.717, 1.165) is 5.56 Å². The van der Waals surface area contributed by atoms with Crippen LogP contribution in [0.15, 0.2) is 30.5 Å². The van der Waals surface area contributed by atoms with Crippen LogP contribution in [0, 0.1) is 6.92 Å². The minimum atomic E-state index is -1.07. The first-order chi connectivity index (χ1) is 9.51. The minimum Gasteiger partial charge on any atom is -0.495 e. The third-order valence-electron chi connectivity index (χ3n) is 2.70. The van der Waals surface area contributed by atoms with Gasteiger partial charge in [0, 0.05) is 6.20 Å². The number of aromatic carboxylic acids is 1. The lowest BCUT2D eigenvalue weighted by Gasteiger charge is -2.12. The molecule has 1 aromatic carbocycles. The molecule has 6 heteroatoms. The van der Waals surface area contributed by atoms with E-state index < -0.39 is 5.97 Å². The average molecular weight is 293 g/mol. The summed E-state index contributed by atoms with van der Waals surface area (Å²) in [4.78, 5) is 14.8. The van der Waals surface area contributed by atoms with Gasteiger partial charge in [-0.05, 0) is 30.7 Å². The lowest BCUT2D eigenvalue weighted by Crippen LogP contribution is -2.01. The van der Waals surface area contributed by atoms with E-state index in [1.807, 2.05) is 25.1 Å². The second-order valence-electron chi connectivity index (χ2n) is 4.19. The number of hydrogen-bond donors (Lipinski definition) is 2. The zero-order valence-electron chi connectivity index (χ0n) is 11.0. The Bertz CT molecular complexity index is 659. The molecule has 0 saturated heterocycles. The maximum atomic E-state index is 10.8. The van der Waals surface area contributed by atoms with Gasteiger partial charge < -0.3 is 15.2 Å². The summed E-state index contributed by atoms with van der Waals surface area (Å²) in [6.45, 7) is 1.95. The highest BCUT2D eigenvalue weighted by Crippen LogP contribution is 2.30. The van der Waals surface area contributed by atoms with E-state index in [1.54, 1.807) is 7.11 Å². The number of carboxylic acid groups (broad SMARTS) is 1. The fourth-order valence-electron chi connectivity index (χ4n) is 1.69. The summed E-state index contributed by atoms with van der Waals surface area (Å²) in [5.74, 6) is -0.0459. The molecule has 5 nitrogen and oxygen atoms in total. The van der Waals surface area contributed by atoms with Gasteiger partial charge in [-0.3, -0.25) is 0 Å². The number of halogens is 1. The first-order valence-electron chi connectivity index (χ1n) is 5.81. The molecule has 104 valence electrons. The van der Waals surface area contributed by atoms with E-state index in [2.05, 4.69) is 10.3 Å². The summed E-state index contributed by atoms with van der Waals surface area (Å²) in [5, 5.41) is 12.1. The Hall–Kier alpha value is -2.27. The number of anilines is 2. The molecule has 1 heterocycles. The number of nitrogens with zero attached hydrogens (tertiary/aromatic N) is 1. The van der Waals surface area contributed by atoms with Gasteiger partial charge >= 0.3 is 5.97 Å². The number of pyridine rings is 1. The van der Waals surface area contributed by atoms with Gasteiger partial charge in [0.2, 0.25) is 0 Å². The van der Waals surface area contributed by atoms with Crippen LogP contribution in [0.4, 0.5) is 11.5 Å². The van der Waals surface area contributed by atoms with E-state index in [-0.39, 0.29) is 10.6 Å². The van der Waals surface area contributed by atoms with Crippen molar-refractivity contribution in [2.75, 3.05) is 12.4 Å². The van der Waals surface area contributed by atoms with Gasteiger partial charge in [0.15, 0.2) is 0 Å². The van der Waals surface area contributed by atoms with Crippen molar-refractivity contribution in [3.8, 4) is 5.75 Å². The number of benzene rings is 1. The van der Waals surface area contributed by atoms with Crippen molar-refractivity contribution in [3.63, 3.8) is 0 Å². The fraction of sp³-hybridized carbons (Fsp3) is 0.143. The van der Waals surface area contributed by atoms with Crippen LogP contribution < -0.4 is 10.1 Å². The number of ether oxygens (including phenoxy) is 1. The summed E-state index contributed by atoms with van der Waals surface area (Å²) in [7, 11) is 1.57. The molecule has 0 aliphatic rings. The maximum absolute atomic E-state index is 10.8. The van der Waals surface area contributed by atoms with Crippen molar-refractivity contribution in [2.24, 2.45) is 0 Å². The summed E-state index contributed by atoms with van der Waals surface area (Å²) < 4.78 is 5.25. The number of aryl methyl sites for hydroxylation is 1. The molecule has 2 N–H and O–H groups in total. The molecule has 1 aromatic heterocycles. The largest absolute Gasteiger partial charge is 0.495 e. The van der Waals surface area contributed by atoms with Crippen molar-refractivity contribution >= 4 is 29.1 Å². The van der Waals surface area contributed by atoms with E-state index in [4.69, 9.17) is 21.4 Å². The van der Waals surface area contributed by atoms with Crippen molar-refractivity contribution in [2.45, 2.75) is 6.92 Å². The summed E-state index contributed by atoms with van der Waals surface area (Å²) in [6.07, 6.45) is 1.25. The first kappa shape index (κ1) is 14.1. The Labute approximate surface area is 121 Å². The molecule has 2 rings (SSSR count). The third-order valence-corrected chi connectivity index (χ3v) is 2.98. The van der Waals surface area contributed by atoms with Crippen LogP contribution in [0.3, 0.4) is 0 Å². The molecule has 0 atom stereocenters. The average Bonchev–Trinajstić information content (AvgIpc) is 2.41. The van der Waals surface area contributed by atoms with Gasteiger partial charge in [-0.25, -0.2) is 9.78 Å². The van der Waals surface area contributed by atoms with Crippen LogP contribution >= 0.6 is 11.6 Å². The second-order valence-corrected chi connectivity index (χ2v) is 4.60. The lowest BCUT2D eigenvalue weighted by molar-refractivity contribution is 0.0696. The predicted molar refractivity (Wildman–Crippen MR) is 77.2 cm³/mol. The normalized spacial score (nSPS) is 10.2. The monoisotopic (exact) mass is 292 g/mol. The van der Waals surface area contributed by atoms with Gasteiger partial charge in [0.05, 0.1) is 23.4 Å². The summed E-state index contributed by atoms with van der Waals surface area (Å²) in [6, 6.07) is 6.99. The van der Waals surface area contributed by atoms with Crippen molar-refractivity contribution in [1.82, 2.24) is 4.98 Å². The van der Waals surface area contributed by atoms with Crippen molar-refractivity contribution in [3.05, 3.63) is 46.6 Å². The van der Waals surface area contributed by atoms with E-state index in [1.165, 1.54) is 12.3 Å². The topological polar surface area (TPSA) is 71.5 Å². The minimum absolute atomic E-state index is 0.0387. The van der Waals surface area contributed by atoms with E-state index >= 15 is 0 Å². The standard InChI is InChI=1S/C14H13ClN2O3/c1-8-3-4-12(20-2)11(5-8)17-13-10(15)6-9(7-16-13)14(18)19/h3-7H,1-2H3,(H,16,17)(H,18,19). The number of methoxy groups -OCH3 is 1. The Balaban J connectivity index is 2.35. The van der Waals surface area contributed by atoms with Crippen molar-refractivity contribution in [1.29, 1.82) is 0 Å². The summed E-state index contributed by atoms with van der Waals surface area (Å²) in [5.41, 5.74) is 1.80. The zero-order chi connectivity index (χ0) is 14.7. The van der Waals surface area contributed by atoms with Gasteiger partial charge in [0.25, 0.3) is 0 Å². The highest BCUT2D eigenvalue weighted by molar-refractivity contribution is 6.33.